The first kappa shape index (κ1) is 16.1. The Bertz CT molecular complexity index is 314. The van der Waals surface area contributed by atoms with Crippen molar-refractivity contribution in [3.63, 3.8) is 0 Å². The smallest absolute Gasteiger partial charge is 0.332 e. The molecule has 0 aromatic carbocycles. The Morgan fingerprint density at radius 1 is 1.47 bits per heavy atom. The minimum Gasteiger partial charge on any atom is -0.479 e. The summed E-state index contributed by atoms with van der Waals surface area (Å²) in [7, 11) is 0. The van der Waals surface area contributed by atoms with Crippen LogP contribution in [-0.4, -0.2) is 53.4 Å². The molecule has 19 heavy (non-hydrogen) atoms. The van der Waals surface area contributed by atoms with Gasteiger partial charge in [0.05, 0.1) is 6.10 Å². The standard InChI is InChI=1S/C12H22N2O4S/c1-3-19-7-8(2)14-12(17)13-6-9-4-5-10(18-9)11(15)16/h8-10H,3-7H2,1-2H3,(H,15,16)(H2,13,14,17). The lowest BCUT2D eigenvalue weighted by Gasteiger charge is -2.16. The van der Waals surface area contributed by atoms with Gasteiger partial charge in [0.25, 0.3) is 0 Å². The van der Waals surface area contributed by atoms with Gasteiger partial charge in [0.15, 0.2) is 6.10 Å². The third kappa shape index (κ3) is 6.15. The highest BCUT2D eigenvalue weighted by molar-refractivity contribution is 7.99. The quantitative estimate of drug-likeness (QED) is 0.652. The lowest BCUT2D eigenvalue weighted by Crippen LogP contribution is -2.44. The van der Waals surface area contributed by atoms with Gasteiger partial charge in [0, 0.05) is 18.3 Å². The number of carboxylic acids is 1. The number of rotatable bonds is 7. The molecule has 1 heterocycles. The molecule has 1 fully saturated rings. The van der Waals surface area contributed by atoms with E-state index >= 15 is 0 Å². The van der Waals surface area contributed by atoms with Crippen molar-refractivity contribution in [2.24, 2.45) is 0 Å². The molecule has 1 aliphatic heterocycles. The van der Waals surface area contributed by atoms with E-state index in [0.717, 1.165) is 11.5 Å². The molecule has 0 aromatic heterocycles. The van der Waals surface area contributed by atoms with E-state index in [0.29, 0.717) is 19.4 Å². The number of carbonyl (C=O) groups excluding carboxylic acids is 1. The molecule has 7 heteroatoms. The lowest BCUT2D eigenvalue weighted by molar-refractivity contribution is -0.149. The molecule has 6 nitrogen and oxygen atoms in total. The Labute approximate surface area is 117 Å². The molecule has 1 rings (SSSR count). The first-order valence-corrected chi connectivity index (χ1v) is 7.68. The van der Waals surface area contributed by atoms with Crippen LogP contribution in [0.15, 0.2) is 0 Å². The van der Waals surface area contributed by atoms with E-state index < -0.39 is 12.1 Å². The molecule has 0 bridgehead atoms. The van der Waals surface area contributed by atoms with Crippen LogP contribution in [0.4, 0.5) is 4.79 Å². The van der Waals surface area contributed by atoms with Gasteiger partial charge >= 0.3 is 12.0 Å². The number of thioether (sulfide) groups is 1. The molecule has 1 saturated heterocycles. The van der Waals surface area contributed by atoms with Crippen molar-refractivity contribution in [3.05, 3.63) is 0 Å². The second kappa shape index (κ2) is 8.27. The van der Waals surface area contributed by atoms with Crippen molar-refractivity contribution in [1.29, 1.82) is 0 Å². The third-order valence-electron chi connectivity index (χ3n) is 2.82. The predicted molar refractivity (Wildman–Crippen MR) is 74.5 cm³/mol. The highest BCUT2D eigenvalue weighted by atomic mass is 32.2. The SMILES string of the molecule is CCSCC(C)NC(=O)NCC1CCC(C(=O)O)O1. The molecule has 0 spiro atoms. The Morgan fingerprint density at radius 3 is 2.79 bits per heavy atom. The molecule has 0 aromatic rings. The number of urea groups is 1. The lowest BCUT2D eigenvalue weighted by atomic mass is 10.2. The Morgan fingerprint density at radius 2 is 2.21 bits per heavy atom. The van der Waals surface area contributed by atoms with Crippen LogP contribution >= 0.6 is 11.8 Å². The summed E-state index contributed by atoms with van der Waals surface area (Å²) in [5, 5.41) is 14.3. The van der Waals surface area contributed by atoms with E-state index in [9.17, 15) is 9.59 Å². The van der Waals surface area contributed by atoms with Crippen molar-refractivity contribution < 1.29 is 19.4 Å². The summed E-state index contributed by atoms with van der Waals surface area (Å²) in [4.78, 5) is 22.3. The van der Waals surface area contributed by atoms with E-state index in [1.807, 2.05) is 6.92 Å². The van der Waals surface area contributed by atoms with Crippen molar-refractivity contribution >= 4 is 23.8 Å². The number of aliphatic carboxylic acids is 1. The number of carboxylic acid groups (broad SMARTS) is 1. The van der Waals surface area contributed by atoms with Crippen LogP contribution in [0, 0.1) is 0 Å². The number of amides is 2. The molecule has 0 radical (unpaired) electrons. The number of hydrogen-bond acceptors (Lipinski definition) is 4. The average molecular weight is 290 g/mol. The van der Waals surface area contributed by atoms with E-state index in [-0.39, 0.29) is 18.2 Å². The Hall–Kier alpha value is -0.950. The van der Waals surface area contributed by atoms with Gasteiger partial charge in [0.2, 0.25) is 0 Å². The minimum atomic E-state index is -0.933. The summed E-state index contributed by atoms with van der Waals surface area (Å²) in [5.41, 5.74) is 0. The fourth-order valence-corrected chi connectivity index (χ4v) is 2.53. The largest absolute Gasteiger partial charge is 0.479 e. The summed E-state index contributed by atoms with van der Waals surface area (Å²) in [5.74, 6) is 0.975. The predicted octanol–water partition coefficient (Wildman–Crippen LogP) is 1.06. The van der Waals surface area contributed by atoms with Gasteiger partial charge in [-0.05, 0) is 25.5 Å². The van der Waals surface area contributed by atoms with Gasteiger partial charge in [-0.15, -0.1) is 0 Å². The molecule has 0 aliphatic carbocycles. The van der Waals surface area contributed by atoms with Crippen LogP contribution in [0.2, 0.25) is 0 Å². The fourth-order valence-electron chi connectivity index (χ4n) is 1.86. The van der Waals surface area contributed by atoms with Gasteiger partial charge in [-0.3, -0.25) is 0 Å². The maximum absolute atomic E-state index is 11.6. The van der Waals surface area contributed by atoms with Crippen molar-refractivity contribution in [2.75, 3.05) is 18.1 Å². The summed E-state index contributed by atoms with van der Waals surface area (Å²) >= 11 is 1.77. The number of carbonyl (C=O) groups is 2. The summed E-state index contributed by atoms with van der Waals surface area (Å²) in [6.45, 7) is 4.38. The molecule has 3 N–H and O–H groups in total. The van der Waals surface area contributed by atoms with Gasteiger partial charge in [0.1, 0.15) is 0 Å². The third-order valence-corrected chi connectivity index (χ3v) is 3.97. The van der Waals surface area contributed by atoms with E-state index in [1.165, 1.54) is 0 Å². The van der Waals surface area contributed by atoms with Crippen LogP contribution in [0.1, 0.15) is 26.7 Å². The minimum absolute atomic E-state index is 0.112. The van der Waals surface area contributed by atoms with E-state index in [2.05, 4.69) is 17.6 Å². The highest BCUT2D eigenvalue weighted by Crippen LogP contribution is 2.19. The summed E-state index contributed by atoms with van der Waals surface area (Å²) in [6, 6.07) is -0.118. The second-order valence-corrected chi connectivity index (χ2v) is 5.90. The van der Waals surface area contributed by atoms with Gasteiger partial charge in [-0.1, -0.05) is 6.92 Å². The molecular formula is C12H22N2O4S. The fraction of sp³-hybridized carbons (Fsp3) is 0.833. The Kier molecular flexibility index (Phi) is 7.01. The van der Waals surface area contributed by atoms with Gasteiger partial charge in [-0.25, -0.2) is 9.59 Å². The zero-order valence-electron chi connectivity index (χ0n) is 11.3. The van der Waals surface area contributed by atoms with E-state index in [1.54, 1.807) is 11.8 Å². The van der Waals surface area contributed by atoms with E-state index in [4.69, 9.17) is 9.84 Å². The molecule has 3 unspecified atom stereocenters. The van der Waals surface area contributed by atoms with Gasteiger partial charge in [-0.2, -0.15) is 11.8 Å². The maximum Gasteiger partial charge on any atom is 0.332 e. The van der Waals surface area contributed by atoms with Crippen LogP contribution < -0.4 is 10.6 Å². The van der Waals surface area contributed by atoms with Crippen LogP contribution in [0.3, 0.4) is 0 Å². The number of hydrogen-bond donors (Lipinski definition) is 3. The van der Waals surface area contributed by atoms with Crippen LogP contribution in [0.5, 0.6) is 0 Å². The Balaban J connectivity index is 2.15. The number of nitrogens with one attached hydrogen (secondary N) is 2. The average Bonchev–Trinajstić information content (AvgIpc) is 2.83. The second-order valence-electron chi connectivity index (χ2n) is 4.58. The summed E-state index contributed by atoms with van der Waals surface area (Å²) < 4.78 is 5.30. The molecule has 3 atom stereocenters. The molecule has 0 saturated carbocycles. The van der Waals surface area contributed by atoms with Crippen LogP contribution in [-0.2, 0) is 9.53 Å². The zero-order chi connectivity index (χ0) is 14.3. The highest BCUT2D eigenvalue weighted by Gasteiger charge is 2.30. The van der Waals surface area contributed by atoms with Crippen LogP contribution in [0.25, 0.3) is 0 Å². The summed E-state index contributed by atoms with van der Waals surface area (Å²) in [6.07, 6.45) is 0.243. The molecular weight excluding hydrogens is 268 g/mol. The molecule has 1 aliphatic rings. The monoisotopic (exact) mass is 290 g/mol. The normalized spacial score (nSPS) is 23.9. The topological polar surface area (TPSA) is 87.7 Å². The zero-order valence-corrected chi connectivity index (χ0v) is 12.2. The number of ether oxygens (including phenoxy) is 1. The van der Waals surface area contributed by atoms with Crippen molar-refractivity contribution in [3.8, 4) is 0 Å². The molecule has 2 amide bonds. The first-order chi connectivity index (χ1) is 9.02. The molecule has 110 valence electrons. The first-order valence-electron chi connectivity index (χ1n) is 6.53. The van der Waals surface area contributed by atoms with Gasteiger partial charge < -0.3 is 20.5 Å². The van der Waals surface area contributed by atoms with Crippen molar-refractivity contribution in [1.82, 2.24) is 10.6 Å². The van der Waals surface area contributed by atoms with Crippen molar-refractivity contribution in [2.45, 2.75) is 44.9 Å². The maximum atomic E-state index is 11.6.